The maximum atomic E-state index is 12.8. The molecule has 6 heteroatoms. The van der Waals surface area contributed by atoms with Crippen molar-refractivity contribution in [2.75, 3.05) is 32.8 Å². The second-order valence-electron chi connectivity index (χ2n) is 5.95. The van der Waals surface area contributed by atoms with Gasteiger partial charge >= 0.3 is 0 Å². The second kappa shape index (κ2) is 5.31. The normalized spacial score (nSPS) is 37.6. The Morgan fingerprint density at radius 2 is 2.11 bits per heavy atom. The molecule has 0 amide bonds. The van der Waals surface area contributed by atoms with Gasteiger partial charge in [0.1, 0.15) is 5.25 Å². The van der Waals surface area contributed by atoms with E-state index in [0.717, 1.165) is 25.9 Å². The lowest BCUT2D eigenvalue weighted by Crippen LogP contribution is -2.59. The van der Waals surface area contributed by atoms with Crippen LogP contribution in [0, 0.1) is 0 Å². The monoisotopic (exact) mass is 288 g/mol. The Morgan fingerprint density at radius 1 is 1.26 bits per heavy atom. The summed E-state index contributed by atoms with van der Waals surface area (Å²) in [5.74, 6) is 0. The lowest BCUT2D eigenvalue weighted by molar-refractivity contribution is 0.105. The molecule has 3 rings (SSSR count). The molecule has 3 aliphatic rings. The number of fused-ring (bicyclic) bond motifs is 1. The predicted molar refractivity (Wildman–Crippen MR) is 73.5 cm³/mol. The molecule has 3 saturated heterocycles. The largest absolute Gasteiger partial charge is 0.380 e. The third-order valence-corrected chi connectivity index (χ3v) is 7.16. The first kappa shape index (κ1) is 13.8. The van der Waals surface area contributed by atoms with Gasteiger partial charge in [0.25, 0.3) is 0 Å². The molecule has 19 heavy (non-hydrogen) atoms. The molecule has 3 heterocycles. The van der Waals surface area contributed by atoms with Crippen molar-refractivity contribution in [1.29, 1.82) is 0 Å². The fourth-order valence-corrected chi connectivity index (χ4v) is 5.70. The quantitative estimate of drug-likeness (QED) is 0.766. The summed E-state index contributed by atoms with van der Waals surface area (Å²) in [5, 5.41) is -0.311. The zero-order valence-corrected chi connectivity index (χ0v) is 12.4. The minimum atomic E-state index is -3.18. The molecule has 110 valence electrons. The summed E-state index contributed by atoms with van der Waals surface area (Å²) in [6.45, 7) is 5.80. The third-order valence-electron chi connectivity index (χ3n) is 4.85. The molecule has 5 nitrogen and oxygen atoms in total. The average molecular weight is 288 g/mol. The Kier molecular flexibility index (Phi) is 3.86. The van der Waals surface area contributed by atoms with Crippen molar-refractivity contribution in [3.63, 3.8) is 0 Å². The topological polar surface area (TPSA) is 49.9 Å². The van der Waals surface area contributed by atoms with Crippen molar-refractivity contribution in [2.45, 2.75) is 49.9 Å². The molecule has 0 aliphatic carbocycles. The summed E-state index contributed by atoms with van der Waals surface area (Å²) in [7, 11) is -3.18. The first-order valence-corrected chi connectivity index (χ1v) is 8.95. The second-order valence-corrected chi connectivity index (χ2v) is 8.12. The van der Waals surface area contributed by atoms with Crippen LogP contribution in [0.2, 0.25) is 0 Å². The molecule has 0 radical (unpaired) electrons. The van der Waals surface area contributed by atoms with Gasteiger partial charge in [-0.2, -0.15) is 4.31 Å². The Balaban J connectivity index is 1.80. The van der Waals surface area contributed by atoms with E-state index in [1.807, 2.05) is 0 Å². The molecule has 0 spiro atoms. The molecule has 0 saturated carbocycles. The van der Waals surface area contributed by atoms with Gasteiger partial charge in [-0.05, 0) is 32.2 Å². The summed E-state index contributed by atoms with van der Waals surface area (Å²) in [6, 6.07) is 0.597. The van der Waals surface area contributed by atoms with Crippen LogP contribution in [-0.2, 0) is 14.8 Å². The molecule has 0 N–H and O–H groups in total. The number of nitrogens with zero attached hydrogens (tertiary/aromatic N) is 2. The molecular weight excluding hydrogens is 264 g/mol. The Morgan fingerprint density at radius 3 is 2.79 bits per heavy atom. The fraction of sp³-hybridized carbons (Fsp3) is 1.00. The number of sulfonamides is 1. The van der Waals surface area contributed by atoms with Crippen LogP contribution in [0.1, 0.15) is 32.6 Å². The van der Waals surface area contributed by atoms with Crippen molar-refractivity contribution >= 4 is 10.0 Å². The zero-order chi connectivity index (χ0) is 13.5. The van der Waals surface area contributed by atoms with Crippen molar-refractivity contribution in [3.8, 4) is 0 Å². The van der Waals surface area contributed by atoms with E-state index in [4.69, 9.17) is 4.74 Å². The highest BCUT2D eigenvalue weighted by Crippen LogP contribution is 2.30. The van der Waals surface area contributed by atoms with Gasteiger partial charge in [-0.25, -0.2) is 8.42 Å². The van der Waals surface area contributed by atoms with Crippen LogP contribution < -0.4 is 0 Å². The van der Waals surface area contributed by atoms with Gasteiger partial charge in [-0.1, -0.05) is 6.92 Å². The van der Waals surface area contributed by atoms with Gasteiger partial charge < -0.3 is 4.74 Å². The van der Waals surface area contributed by atoms with Gasteiger partial charge in [-0.3, -0.25) is 4.90 Å². The third kappa shape index (κ3) is 2.44. The first-order valence-electron chi connectivity index (χ1n) is 7.45. The van der Waals surface area contributed by atoms with Gasteiger partial charge in [0.05, 0.1) is 6.61 Å². The van der Waals surface area contributed by atoms with Gasteiger partial charge in [0.2, 0.25) is 10.0 Å². The molecule has 0 unspecified atom stereocenters. The van der Waals surface area contributed by atoms with Crippen LogP contribution in [-0.4, -0.2) is 67.8 Å². The van der Waals surface area contributed by atoms with Crippen molar-refractivity contribution < 1.29 is 13.2 Å². The Labute approximate surface area is 115 Å². The van der Waals surface area contributed by atoms with E-state index in [9.17, 15) is 8.42 Å². The van der Waals surface area contributed by atoms with E-state index in [2.05, 4.69) is 11.8 Å². The summed E-state index contributed by atoms with van der Waals surface area (Å²) in [6.07, 6.45) is 3.91. The highest BCUT2D eigenvalue weighted by molar-refractivity contribution is 7.89. The smallest absolute Gasteiger partial charge is 0.219 e. The number of rotatable bonds is 3. The van der Waals surface area contributed by atoms with Crippen LogP contribution in [0.3, 0.4) is 0 Å². The number of hydrogen-bond acceptors (Lipinski definition) is 4. The van der Waals surface area contributed by atoms with Gasteiger partial charge in [-0.15, -0.1) is 0 Å². The van der Waals surface area contributed by atoms with Crippen LogP contribution in [0.25, 0.3) is 0 Å². The van der Waals surface area contributed by atoms with Crippen molar-refractivity contribution in [2.24, 2.45) is 0 Å². The molecule has 0 aromatic carbocycles. The van der Waals surface area contributed by atoms with Gasteiger partial charge in [0, 0.05) is 31.8 Å². The standard InChI is InChI=1S/C13H24N2O3S/c1-2-11-8-14-6-3-4-12(14)9-15(11)19(16,17)13-5-7-18-10-13/h11-13H,2-10H2,1H3/t11-,12+,13-/m1/s1. The van der Waals surface area contributed by atoms with E-state index < -0.39 is 10.0 Å². The summed E-state index contributed by atoms with van der Waals surface area (Å²) in [5.41, 5.74) is 0. The van der Waals surface area contributed by atoms with E-state index in [-0.39, 0.29) is 11.3 Å². The highest BCUT2D eigenvalue weighted by Gasteiger charge is 2.44. The predicted octanol–water partition coefficient (Wildman–Crippen LogP) is 0.664. The van der Waals surface area contributed by atoms with Crippen LogP contribution in [0.4, 0.5) is 0 Å². The van der Waals surface area contributed by atoms with Crippen LogP contribution in [0.15, 0.2) is 0 Å². The van der Waals surface area contributed by atoms with Crippen molar-refractivity contribution in [1.82, 2.24) is 9.21 Å². The molecule has 0 bridgehead atoms. The molecular formula is C13H24N2O3S. The maximum Gasteiger partial charge on any atom is 0.219 e. The average Bonchev–Trinajstić information content (AvgIpc) is 3.07. The summed E-state index contributed by atoms with van der Waals surface area (Å²) < 4.78 is 32.6. The summed E-state index contributed by atoms with van der Waals surface area (Å²) in [4.78, 5) is 2.48. The van der Waals surface area contributed by atoms with Crippen LogP contribution >= 0.6 is 0 Å². The number of piperazine rings is 1. The zero-order valence-electron chi connectivity index (χ0n) is 11.6. The Bertz CT molecular complexity index is 420. The van der Waals surface area contributed by atoms with E-state index in [1.54, 1.807) is 4.31 Å². The van der Waals surface area contributed by atoms with Crippen LogP contribution in [0.5, 0.6) is 0 Å². The van der Waals surface area contributed by atoms with E-state index in [0.29, 0.717) is 32.2 Å². The lowest BCUT2D eigenvalue weighted by Gasteiger charge is -2.43. The Hall–Kier alpha value is -0.170. The summed E-state index contributed by atoms with van der Waals surface area (Å²) >= 11 is 0. The SMILES string of the molecule is CC[C@@H]1CN2CCC[C@H]2CN1S(=O)(=O)[C@@H]1CCOC1. The lowest BCUT2D eigenvalue weighted by atomic mass is 10.1. The first-order chi connectivity index (χ1) is 9.13. The molecule has 3 aliphatic heterocycles. The van der Waals surface area contributed by atoms with Crippen molar-refractivity contribution in [3.05, 3.63) is 0 Å². The molecule has 0 aromatic heterocycles. The molecule has 3 fully saturated rings. The minimum absolute atomic E-state index is 0.153. The number of ether oxygens (including phenoxy) is 1. The van der Waals surface area contributed by atoms with E-state index >= 15 is 0 Å². The molecule has 3 atom stereocenters. The van der Waals surface area contributed by atoms with Gasteiger partial charge in [0.15, 0.2) is 0 Å². The van der Waals surface area contributed by atoms with E-state index in [1.165, 1.54) is 6.42 Å². The number of hydrogen-bond donors (Lipinski definition) is 0. The minimum Gasteiger partial charge on any atom is -0.380 e. The fourth-order valence-electron chi connectivity index (χ4n) is 3.64. The maximum absolute atomic E-state index is 12.8. The highest BCUT2D eigenvalue weighted by atomic mass is 32.2. The molecule has 0 aromatic rings.